The molecule has 6 heteroatoms. The van der Waals surface area contributed by atoms with Crippen molar-refractivity contribution in [1.82, 2.24) is 10.6 Å². The molecule has 1 saturated heterocycles. The molecule has 25 heavy (non-hydrogen) atoms. The average Bonchev–Trinajstić information content (AvgIpc) is 3.02. The summed E-state index contributed by atoms with van der Waals surface area (Å²) in [5.74, 6) is -1.40. The Hall–Kier alpha value is -2.31. The summed E-state index contributed by atoms with van der Waals surface area (Å²) in [6.07, 6.45) is -0.106. The minimum Gasteiger partial charge on any atom is -0.392 e. The van der Waals surface area contributed by atoms with Gasteiger partial charge in [-0.3, -0.25) is 4.79 Å². The van der Waals surface area contributed by atoms with Gasteiger partial charge in [-0.1, -0.05) is 30.3 Å². The van der Waals surface area contributed by atoms with Crippen LogP contribution in [-0.4, -0.2) is 29.7 Å². The molecule has 132 valence electrons. The molecule has 4 nitrogen and oxygen atoms in total. The summed E-state index contributed by atoms with van der Waals surface area (Å²) in [6.45, 7) is 2.25. The molecule has 1 aliphatic rings. The van der Waals surface area contributed by atoms with Gasteiger partial charge in [0.25, 0.3) is 0 Å². The van der Waals surface area contributed by atoms with E-state index in [1.165, 1.54) is 18.2 Å². The van der Waals surface area contributed by atoms with Crippen LogP contribution in [0.25, 0.3) is 11.1 Å². The Bertz CT molecular complexity index is 744. The quantitative estimate of drug-likeness (QED) is 0.797. The number of amides is 1. The van der Waals surface area contributed by atoms with E-state index in [1.807, 2.05) is 6.92 Å². The van der Waals surface area contributed by atoms with E-state index in [-0.39, 0.29) is 17.5 Å². The normalized spacial score (nSPS) is 21.1. The van der Waals surface area contributed by atoms with E-state index < -0.39 is 23.8 Å². The lowest BCUT2D eigenvalue weighted by atomic mass is 10.0. The van der Waals surface area contributed by atoms with Crippen molar-refractivity contribution in [2.45, 2.75) is 31.5 Å². The third-order valence-electron chi connectivity index (χ3n) is 4.45. The van der Waals surface area contributed by atoms with Crippen molar-refractivity contribution >= 4 is 5.91 Å². The van der Waals surface area contributed by atoms with Gasteiger partial charge in [0.1, 0.15) is 11.6 Å². The highest BCUT2D eigenvalue weighted by atomic mass is 19.1. The molecule has 1 aliphatic heterocycles. The molecule has 0 bridgehead atoms. The summed E-state index contributed by atoms with van der Waals surface area (Å²) >= 11 is 0. The van der Waals surface area contributed by atoms with Crippen LogP contribution in [0.1, 0.15) is 24.9 Å². The van der Waals surface area contributed by atoms with E-state index in [1.54, 1.807) is 24.3 Å². The number of nitrogens with one attached hydrogen (secondary N) is 2. The summed E-state index contributed by atoms with van der Waals surface area (Å²) in [6, 6.07) is 9.86. The Labute approximate surface area is 144 Å². The van der Waals surface area contributed by atoms with E-state index >= 15 is 0 Å². The van der Waals surface area contributed by atoms with Gasteiger partial charge in [-0.05, 0) is 36.6 Å². The van der Waals surface area contributed by atoms with Gasteiger partial charge >= 0.3 is 0 Å². The first-order valence-corrected chi connectivity index (χ1v) is 8.22. The Kier molecular flexibility index (Phi) is 5.11. The summed E-state index contributed by atoms with van der Waals surface area (Å²) in [4.78, 5) is 12.2. The first kappa shape index (κ1) is 17.5. The van der Waals surface area contributed by atoms with E-state index in [0.29, 0.717) is 18.5 Å². The lowest BCUT2D eigenvalue weighted by Gasteiger charge is -2.18. The van der Waals surface area contributed by atoms with Gasteiger partial charge in [0.15, 0.2) is 0 Å². The second-order valence-corrected chi connectivity index (χ2v) is 6.30. The minimum absolute atomic E-state index is 0.0603. The molecular formula is C19H20F2N2O2. The molecule has 3 N–H and O–H groups in total. The number of carbonyl (C=O) groups is 1. The predicted octanol–water partition coefficient (Wildman–Crippen LogP) is 2.53. The molecule has 1 amide bonds. The zero-order chi connectivity index (χ0) is 18.0. The molecule has 3 atom stereocenters. The predicted molar refractivity (Wildman–Crippen MR) is 90.8 cm³/mol. The third kappa shape index (κ3) is 3.86. The van der Waals surface area contributed by atoms with Crippen LogP contribution < -0.4 is 10.6 Å². The lowest BCUT2D eigenvalue weighted by molar-refractivity contribution is -0.123. The number of hydrogen-bond donors (Lipinski definition) is 3. The monoisotopic (exact) mass is 346 g/mol. The maximum absolute atomic E-state index is 13.8. The van der Waals surface area contributed by atoms with Gasteiger partial charge < -0.3 is 15.7 Å². The molecule has 0 spiro atoms. The number of aliphatic hydroxyl groups excluding tert-OH is 1. The second kappa shape index (κ2) is 7.29. The highest BCUT2D eigenvalue weighted by Crippen LogP contribution is 2.27. The highest BCUT2D eigenvalue weighted by Gasteiger charge is 2.28. The van der Waals surface area contributed by atoms with Crippen LogP contribution in [0.2, 0.25) is 0 Å². The fraction of sp³-hybridized carbons (Fsp3) is 0.316. The van der Waals surface area contributed by atoms with E-state index in [9.17, 15) is 18.7 Å². The van der Waals surface area contributed by atoms with Crippen molar-refractivity contribution in [2.75, 3.05) is 6.54 Å². The van der Waals surface area contributed by atoms with Crippen LogP contribution in [0.15, 0.2) is 42.5 Å². The Morgan fingerprint density at radius 1 is 1.20 bits per heavy atom. The van der Waals surface area contributed by atoms with Crippen molar-refractivity contribution in [3.8, 4) is 11.1 Å². The molecule has 1 fully saturated rings. The summed E-state index contributed by atoms with van der Waals surface area (Å²) in [7, 11) is 0. The fourth-order valence-electron chi connectivity index (χ4n) is 3.03. The fourth-order valence-corrected chi connectivity index (χ4v) is 3.03. The molecule has 0 radical (unpaired) electrons. The molecule has 0 aromatic heterocycles. The second-order valence-electron chi connectivity index (χ2n) is 6.30. The molecule has 2 aromatic rings. The van der Waals surface area contributed by atoms with Gasteiger partial charge in [0.05, 0.1) is 23.8 Å². The van der Waals surface area contributed by atoms with Crippen molar-refractivity contribution in [3.63, 3.8) is 0 Å². The smallest absolute Gasteiger partial charge is 0.237 e. The van der Waals surface area contributed by atoms with E-state index in [0.717, 1.165) is 5.56 Å². The Morgan fingerprint density at radius 2 is 1.84 bits per heavy atom. The first-order valence-electron chi connectivity index (χ1n) is 8.22. The molecule has 3 rings (SSSR count). The Balaban J connectivity index is 1.70. The van der Waals surface area contributed by atoms with Crippen LogP contribution >= 0.6 is 0 Å². The number of β-amino-alcohol motifs (C(OH)–C–C–N with tert-alkyl or cyclic N) is 1. The van der Waals surface area contributed by atoms with Crippen molar-refractivity contribution < 1.29 is 18.7 Å². The minimum atomic E-state index is -0.611. The largest absolute Gasteiger partial charge is 0.392 e. The standard InChI is InChI=1S/C19H20F2N2O2/c1-11(23-19(25)17-9-14(24)10-22-17)12-5-7-13(8-6-12)18-15(20)3-2-4-16(18)21/h2-8,11,14,17,22,24H,9-10H2,1H3,(H,23,25)/t11-,14+,17-/m0/s1. The SMILES string of the molecule is C[C@H](NC(=O)[C@@H]1C[C@@H](O)CN1)c1ccc(-c2c(F)cccc2F)cc1. The zero-order valence-electron chi connectivity index (χ0n) is 13.8. The van der Waals surface area contributed by atoms with Crippen LogP contribution in [0.5, 0.6) is 0 Å². The van der Waals surface area contributed by atoms with Crippen LogP contribution in [0.4, 0.5) is 8.78 Å². The molecule has 0 saturated carbocycles. The number of hydrogen-bond acceptors (Lipinski definition) is 3. The first-order chi connectivity index (χ1) is 12.0. The van der Waals surface area contributed by atoms with E-state index in [4.69, 9.17) is 0 Å². The average molecular weight is 346 g/mol. The number of benzene rings is 2. The van der Waals surface area contributed by atoms with Crippen LogP contribution in [0.3, 0.4) is 0 Å². The molecule has 2 aromatic carbocycles. The number of aliphatic hydroxyl groups is 1. The lowest BCUT2D eigenvalue weighted by Crippen LogP contribution is -2.41. The summed E-state index contributed by atoms with van der Waals surface area (Å²) in [5.41, 5.74) is 1.21. The van der Waals surface area contributed by atoms with Crippen molar-refractivity contribution in [1.29, 1.82) is 0 Å². The summed E-state index contributed by atoms with van der Waals surface area (Å²) in [5, 5.41) is 15.3. The molecule has 0 aliphatic carbocycles. The maximum Gasteiger partial charge on any atom is 0.237 e. The van der Waals surface area contributed by atoms with Gasteiger partial charge in [-0.25, -0.2) is 8.78 Å². The topological polar surface area (TPSA) is 61.4 Å². The van der Waals surface area contributed by atoms with Gasteiger partial charge in [0, 0.05) is 6.54 Å². The van der Waals surface area contributed by atoms with Crippen LogP contribution in [0, 0.1) is 11.6 Å². The third-order valence-corrected chi connectivity index (χ3v) is 4.45. The number of carbonyl (C=O) groups excluding carboxylic acids is 1. The highest BCUT2D eigenvalue weighted by molar-refractivity contribution is 5.82. The Morgan fingerprint density at radius 3 is 2.40 bits per heavy atom. The van der Waals surface area contributed by atoms with Crippen molar-refractivity contribution in [2.24, 2.45) is 0 Å². The number of halogens is 2. The summed E-state index contributed by atoms with van der Waals surface area (Å²) < 4.78 is 27.7. The molecule has 1 heterocycles. The van der Waals surface area contributed by atoms with Gasteiger partial charge in [0.2, 0.25) is 5.91 Å². The molecule has 0 unspecified atom stereocenters. The van der Waals surface area contributed by atoms with Crippen molar-refractivity contribution in [3.05, 3.63) is 59.7 Å². The van der Waals surface area contributed by atoms with Gasteiger partial charge in [-0.2, -0.15) is 0 Å². The van der Waals surface area contributed by atoms with Gasteiger partial charge in [-0.15, -0.1) is 0 Å². The maximum atomic E-state index is 13.8. The number of rotatable bonds is 4. The van der Waals surface area contributed by atoms with Crippen LogP contribution in [-0.2, 0) is 4.79 Å². The van der Waals surface area contributed by atoms with E-state index in [2.05, 4.69) is 10.6 Å². The zero-order valence-corrected chi connectivity index (χ0v) is 13.8. The molecular weight excluding hydrogens is 326 g/mol.